The highest BCUT2D eigenvalue weighted by molar-refractivity contribution is 5.90. The zero-order chi connectivity index (χ0) is 13.5. The molecule has 0 heterocycles. The van der Waals surface area contributed by atoms with E-state index in [-0.39, 0.29) is 0 Å². The van der Waals surface area contributed by atoms with Gasteiger partial charge in [0, 0.05) is 0 Å². The quantitative estimate of drug-likeness (QED) is 0.479. The third-order valence-electron chi connectivity index (χ3n) is 2.46. The van der Waals surface area contributed by atoms with Gasteiger partial charge in [0.2, 0.25) is 0 Å². The lowest BCUT2D eigenvalue weighted by Crippen LogP contribution is -2.00. The summed E-state index contributed by atoms with van der Waals surface area (Å²) in [6.45, 7) is 0. The van der Waals surface area contributed by atoms with E-state index in [9.17, 15) is 4.79 Å². The fraction of sp³-hybridized carbons (Fsp3) is 0.0667. The SMILES string of the molecule is COc1ccc(C=NOC(=O)c2ccccc2)cc1. The average molecular weight is 255 g/mol. The Morgan fingerprint density at radius 3 is 2.37 bits per heavy atom. The van der Waals surface area contributed by atoms with Gasteiger partial charge in [-0.2, -0.15) is 0 Å². The van der Waals surface area contributed by atoms with Crippen LogP contribution in [0.25, 0.3) is 0 Å². The van der Waals surface area contributed by atoms with Crippen molar-refractivity contribution in [3.63, 3.8) is 0 Å². The highest BCUT2D eigenvalue weighted by Crippen LogP contribution is 2.10. The average Bonchev–Trinajstić information content (AvgIpc) is 2.49. The van der Waals surface area contributed by atoms with Gasteiger partial charge in [-0.05, 0) is 42.0 Å². The number of nitrogens with zero attached hydrogens (tertiary/aromatic N) is 1. The Bertz CT molecular complexity index is 562. The van der Waals surface area contributed by atoms with E-state index in [2.05, 4.69) is 5.16 Å². The molecule has 0 bridgehead atoms. The fourth-order valence-corrected chi connectivity index (χ4v) is 1.45. The molecular weight excluding hydrogens is 242 g/mol. The summed E-state index contributed by atoms with van der Waals surface area (Å²) in [6.07, 6.45) is 1.47. The Labute approximate surface area is 111 Å². The molecule has 4 nitrogen and oxygen atoms in total. The molecule has 0 aliphatic heterocycles. The van der Waals surface area contributed by atoms with Gasteiger partial charge < -0.3 is 9.57 Å². The maximum Gasteiger partial charge on any atom is 0.365 e. The van der Waals surface area contributed by atoms with Gasteiger partial charge in [0.05, 0.1) is 18.9 Å². The molecule has 0 amide bonds. The van der Waals surface area contributed by atoms with Crippen LogP contribution < -0.4 is 4.74 Å². The summed E-state index contributed by atoms with van der Waals surface area (Å²) < 4.78 is 5.04. The molecule has 0 atom stereocenters. The maximum absolute atomic E-state index is 11.6. The van der Waals surface area contributed by atoms with Crippen molar-refractivity contribution in [1.29, 1.82) is 0 Å². The van der Waals surface area contributed by atoms with E-state index < -0.39 is 5.97 Å². The first-order valence-electron chi connectivity index (χ1n) is 5.73. The molecule has 0 fully saturated rings. The molecule has 2 aromatic rings. The van der Waals surface area contributed by atoms with Gasteiger partial charge in [-0.1, -0.05) is 23.4 Å². The molecule has 0 N–H and O–H groups in total. The van der Waals surface area contributed by atoms with Crippen LogP contribution in [0.1, 0.15) is 15.9 Å². The molecular formula is C15H13NO3. The fourth-order valence-electron chi connectivity index (χ4n) is 1.45. The largest absolute Gasteiger partial charge is 0.497 e. The topological polar surface area (TPSA) is 47.9 Å². The Balaban J connectivity index is 1.94. The normalized spacial score (nSPS) is 10.4. The van der Waals surface area contributed by atoms with Gasteiger partial charge in [-0.15, -0.1) is 0 Å². The summed E-state index contributed by atoms with van der Waals surface area (Å²) in [4.78, 5) is 16.4. The Morgan fingerprint density at radius 1 is 1.05 bits per heavy atom. The van der Waals surface area contributed by atoms with Crippen LogP contribution >= 0.6 is 0 Å². The molecule has 96 valence electrons. The standard InChI is InChI=1S/C15H13NO3/c1-18-14-9-7-12(8-10-14)11-16-19-15(17)13-5-3-2-4-6-13/h2-11H,1H3. The lowest BCUT2D eigenvalue weighted by atomic mass is 10.2. The number of hydrogen-bond acceptors (Lipinski definition) is 4. The second-order valence-corrected chi connectivity index (χ2v) is 3.75. The molecule has 0 saturated carbocycles. The molecule has 2 aromatic carbocycles. The van der Waals surface area contributed by atoms with Crippen LogP contribution in [-0.4, -0.2) is 19.3 Å². The van der Waals surface area contributed by atoms with Crippen LogP contribution in [0.15, 0.2) is 59.8 Å². The first kappa shape index (κ1) is 12.8. The van der Waals surface area contributed by atoms with Gasteiger partial charge in [-0.25, -0.2) is 4.79 Å². The van der Waals surface area contributed by atoms with Crippen LogP contribution in [0.4, 0.5) is 0 Å². The van der Waals surface area contributed by atoms with E-state index in [0.29, 0.717) is 5.56 Å². The summed E-state index contributed by atoms with van der Waals surface area (Å²) >= 11 is 0. The number of oxime groups is 1. The maximum atomic E-state index is 11.6. The van der Waals surface area contributed by atoms with Crippen LogP contribution in [0, 0.1) is 0 Å². The highest BCUT2D eigenvalue weighted by atomic mass is 16.7. The summed E-state index contributed by atoms with van der Waals surface area (Å²) in [5.41, 5.74) is 1.29. The van der Waals surface area contributed by atoms with E-state index in [1.54, 1.807) is 43.5 Å². The van der Waals surface area contributed by atoms with Crippen molar-refractivity contribution in [2.45, 2.75) is 0 Å². The first-order valence-corrected chi connectivity index (χ1v) is 5.73. The third-order valence-corrected chi connectivity index (χ3v) is 2.46. The third kappa shape index (κ3) is 3.67. The number of rotatable bonds is 4. The van der Waals surface area contributed by atoms with E-state index >= 15 is 0 Å². The van der Waals surface area contributed by atoms with Gasteiger partial charge in [0.15, 0.2) is 0 Å². The second-order valence-electron chi connectivity index (χ2n) is 3.75. The Kier molecular flexibility index (Phi) is 4.29. The molecule has 4 heteroatoms. The zero-order valence-corrected chi connectivity index (χ0v) is 10.4. The van der Waals surface area contributed by atoms with Crippen LogP contribution in [0.3, 0.4) is 0 Å². The number of hydrogen-bond donors (Lipinski definition) is 0. The van der Waals surface area contributed by atoms with Crippen molar-refractivity contribution < 1.29 is 14.4 Å². The number of ether oxygens (including phenoxy) is 1. The Morgan fingerprint density at radius 2 is 1.74 bits per heavy atom. The van der Waals surface area contributed by atoms with E-state index in [1.807, 2.05) is 18.2 Å². The zero-order valence-electron chi connectivity index (χ0n) is 10.4. The van der Waals surface area contributed by atoms with Crippen molar-refractivity contribution in [3.8, 4) is 5.75 Å². The van der Waals surface area contributed by atoms with E-state index in [4.69, 9.17) is 9.57 Å². The molecule has 2 rings (SSSR count). The minimum absolute atomic E-state index is 0.467. The molecule has 0 radical (unpaired) electrons. The minimum atomic E-state index is -0.481. The van der Waals surface area contributed by atoms with Crippen molar-refractivity contribution in [3.05, 3.63) is 65.7 Å². The summed E-state index contributed by atoms with van der Waals surface area (Å²) in [5, 5.41) is 3.66. The van der Waals surface area contributed by atoms with Gasteiger partial charge in [0.25, 0.3) is 0 Å². The summed E-state index contributed by atoms with van der Waals surface area (Å²) in [6, 6.07) is 16.0. The molecule has 0 saturated heterocycles. The van der Waals surface area contributed by atoms with Gasteiger partial charge in [-0.3, -0.25) is 0 Å². The van der Waals surface area contributed by atoms with Crippen LogP contribution in [0.2, 0.25) is 0 Å². The number of carbonyl (C=O) groups excluding carboxylic acids is 1. The van der Waals surface area contributed by atoms with Crippen molar-refractivity contribution in [2.24, 2.45) is 5.16 Å². The first-order chi connectivity index (χ1) is 9.29. The van der Waals surface area contributed by atoms with E-state index in [1.165, 1.54) is 6.21 Å². The predicted molar refractivity (Wildman–Crippen MR) is 72.4 cm³/mol. The molecule has 0 aliphatic carbocycles. The highest BCUT2D eigenvalue weighted by Gasteiger charge is 2.04. The van der Waals surface area contributed by atoms with Crippen molar-refractivity contribution >= 4 is 12.2 Å². The second kappa shape index (κ2) is 6.35. The van der Waals surface area contributed by atoms with Gasteiger partial charge >= 0.3 is 5.97 Å². The molecule has 0 unspecified atom stereocenters. The Hall–Kier alpha value is -2.62. The summed E-state index contributed by atoms with van der Waals surface area (Å²) in [7, 11) is 1.60. The monoisotopic (exact) mass is 255 g/mol. The minimum Gasteiger partial charge on any atom is -0.497 e. The molecule has 0 aliphatic rings. The van der Waals surface area contributed by atoms with Crippen LogP contribution in [0.5, 0.6) is 5.75 Å². The molecule has 0 aromatic heterocycles. The lowest BCUT2D eigenvalue weighted by Gasteiger charge is -1.99. The smallest absolute Gasteiger partial charge is 0.365 e. The number of benzene rings is 2. The van der Waals surface area contributed by atoms with Crippen molar-refractivity contribution in [2.75, 3.05) is 7.11 Å². The molecule has 0 spiro atoms. The number of carbonyl (C=O) groups is 1. The lowest BCUT2D eigenvalue weighted by molar-refractivity contribution is 0.0519. The van der Waals surface area contributed by atoms with Crippen LogP contribution in [-0.2, 0) is 4.84 Å². The predicted octanol–water partition coefficient (Wildman–Crippen LogP) is 2.89. The molecule has 19 heavy (non-hydrogen) atoms. The van der Waals surface area contributed by atoms with E-state index in [0.717, 1.165) is 11.3 Å². The number of methoxy groups -OCH3 is 1. The van der Waals surface area contributed by atoms with Crippen molar-refractivity contribution in [1.82, 2.24) is 0 Å². The van der Waals surface area contributed by atoms with Gasteiger partial charge in [0.1, 0.15) is 5.75 Å². The summed E-state index contributed by atoms with van der Waals surface area (Å²) in [5.74, 6) is 0.281.